The van der Waals surface area contributed by atoms with Crippen molar-refractivity contribution in [2.75, 3.05) is 0 Å². The number of hydrogen-bond donors (Lipinski definition) is 1. The van der Waals surface area contributed by atoms with Crippen molar-refractivity contribution in [1.82, 2.24) is 4.98 Å². The molecule has 2 atom stereocenters. The van der Waals surface area contributed by atoms with Gasteiger partial charge in [0, 0.05) is 11.3 Å². The fourth-order valence-electron chi connectivity index (χ4n) is 5.46. The van der Waals surface area contributed by atoms with Gasteiger partial charge in [0.1, 0.15) is 17.2 Å². The lowest BCUT2D eigenvalue weighted by molar-refractivity contribution is -0.122. The third kappa shape index (κ3) is 3.13. The van der Waals surface area contributed by atoms with E-state index in [1.165, 1.54) is 11.3 Å². The molecule has 0 saturated heterocycles. The highest BCUT2D eigenvalue weighted by molar-refractivity contribution is 7.20. The summed E-state index contributed by atoms with van der Waals surface area (Å²) in [7, 11) is 0. The van der Waals surface area contributed by atoms with Crippen LogP contribution in [-0.4, -0.2) is 15.9 Å². The topological polar surface area (TPSA) is 88.8 Å². The lowest BCUT2D eigenvalue weighted by atomic mass is 9.58. The molecule has 3 aromatic rings. The summed E-state index contributed by atoms with van der Waals surface area (Å²) in [5, 5.41) is 14.8. The molecule has 170 valence electrons. The molecule has 1 aromatic heterocycles. The number of ether oxygens (including phenoxy) is 1. The third-order valence-electron chi connectivity index (χ3n) is 7.94. The zero-order chi connectivity index (χ0) is 23.5. The average Bonchev–Trinajstić information content (AvgIpc) is 3.27. The van der Waals surface area contributed by atoms with E-state index >= 15 is 0 Å². The van der Waals surface area contributed by atoms with Crippen molar-refractivity contribution >= 4 is 38.6 Å². The molecule has 0 radical (unpaired) electrons. The van der Waals surface area contributed by atoms with Gasteiger partial charge in [0.2, 0.25) is 0 Å². The number of benzene rings is 2. The number of fused-ring (bicyclic) bond motifs is 3. The Morgan fingerprint density at radius 3 is 2.73 bits per heavy atom. The van der Waals surface area contributed by atoms with Crippen LogP contribution in [0.1, 0.15) is 51.7 Å². The third-order valence-corrected chi connectivity index (χ3v) is 8.84. The molecule has 0 amide bonds. The molecule has 2 bridgehead atoms. The molecule has 5 rings (SSSR count). The number of nitrogens with zero attached hydrogens (tertiary/aromatic N) is 2. The van der Waals surface area contributed by atoms with Crippen LogP contribution in [-0.2, 0) is 11.2 Å². The molecule has 1 heterocycles. The molecule has 2 aromatic carbocycles. The smallest absolute Gasteiger partial charge is 0.279 e. The Morgan fingerprint density at radius 2 is 2.00 bits per heavy atom. The number of aromatic nitrogens is 1. The van der Waals surface area contributed by atoms with Gasteiger partial charge in [0.05, 0.1) is 15.8 Å². The van der Waals surface area contributed by atoms with Crippen molar-refractivity contribution < 1.29 is 14.6 Å². The van der Waals surface area contributed by atoms with Gasteiger partial charge in [-0.2, -0.15) is 0 Å². The van der Waals surface area contributed by atoms with Crippen molar-refractivity contribution in [2.45, 2.75) is 47.0 Å². The second-order valence-corrected chi connectivity index (χ2v) is 10.7. The van der Waals surface area contributed by atoms with Crippen LogP contribution in [0.3, 0.4) is 0 Å². The monoisotopic (exact) mass is 462 g/mol. The van der Waals surface area contributed by atoms with Crippen molar-refractivity contribution in [1.29, 1.82) is 0 Å². The van der Waals surface area contributed by atoms with Crippen LogP contribution in [0.15, 0.2) is 47.3 Å². The van der Waals surface area contributed by atoms with Gasteiger partial charge in [-0.15, -0.1) is 4.91 Å². The maximum Gasteiger partial charge on any atom is 0.279 e. The first-order valence-corrected chi connectivity index (χ1v) is 12.0. The highest BCUT2D eigenvalue weighted by atomic mass is 32.1. The van der Waals surface area contributed by atoms with E-state index < -0.39 is 5.41 Å². The fourth-order valence-corrected chi connectivity index (χ4v) is 6.33. The van der Waals surface area contributed by atoms with Crippen molar-refractivity contribution in [3.63, 3.8) is 0 Å². The maximum absolute atomic E-state index is 13.6. The Kier molecular flexibility index (Phi) is 4.94. The van der Waals surface area contributed by atoms with E-state index in [4.69, 9.17) is 4.74 Å². The van der Waals surface area contributed by atoms with E-state index in [9.17, 15) is 14.8 Å². The Hall–Kier alpha value is -3.06. The first-order chi connectivity index (χ1) is 15.7. The number of allylic oxidation sites excluding steroid dienone is 2. The zero-order valence-corrected chi connectivity index (χ0v) is 20.0. The molecule has 7 heteroatoms. The minimum Gasteiger partial charge on any atom is -0.511 e. The zero-order valence-electron chi connectivity index (χ0n) is 19.1. The molecular weight excluding hydrogens is 436 g/mol. The summed E-state index contributed by atoms with van der Waals surface area (Å²) in [6.45, 7) is 8.30. The summed E-state index contributed by atoms with van der Waals surface area (Å²) in [6.07, 6.45) is 2.32. The van der Waals surface area contributed by atoms with Crippen LogP contribution < -0.4 is 4.74 Å². The molecule has 1 N–H and O–H groups in total. The van der Waals surface area contributed by atoms with Gasteiger partial charge in [-0.1, -0.05) is 45.1 Å². The van der Waals surface area contributed by atoms with Gasteiger partial charge in [0.15, 0.2) is 5.78 Å². The number of carbonyl (C=O) groups excluding carboxylic acids is 1. The van der Waals surface area contributed by atoms with Gasteiger partial charge in [-0.05, 0) is 71.3 Å². The Balaban J connectivity index is 1.57. The van der Waals surface area contributed by atoms with Crippen LogP contribution >= 0.6 is 11.3 Å². The Morgan fingerprint density at radius 1 is 1.21 bits per heavy atom. The second kappa shape index (κ2) is 7.48. The Labute approximate surface area is 196 Å². The van der Waals surface area contributed by atoms with Gasteiger partial charge in [-0.25, -0.2) is 4.98 Å². The average molecular weight is 463 g/mol. The summed E-state index contributed by atoms with van der Waals surface area (Å²) in [5.74, 6) is 0.665. The van der Waals surface area contributed by atoms with Gasteiger partial charge in [0.25, 0.3) is 5.19 Å². The number of hydrogen-bond acceptors (Lipinski definition) is 7. The quantitative estimate of drug-likeness (QED) is 0.401. The number of ketones is 1. The number of Topliss-reactive ketones (excluding diaryl/α,β-unsaturated/α-hetero) is 1. The number of carbonyl (C=O) groups is 1. The standard InChI is InChI=1S/C26H26N2O4S/c1-5-14-6-8-16(32-24-27-19-9-7-15(28-31)12-20(19)33-24)13-17(14)21-22(29)18-10-11-26(4,23(21)30)25(18,2)3/h6-9,12-13,18,30H,5,10-11H2,1-4H3/t18-,26+/m0/s1. The van der Waals surface area contributed by atoms with E-state index in [0.29, 0.717) is 22.2 Å². The van der Waals surface area contributed by atoms with E-state index in [2.05, 4.69) is 30.9 Å². The van der Waals surface area contributed by atoms with Crippen molar-refractivity contribution in [2.24, 2.45) is 21.9 Å². The van der Waals surface area contributed by atoms with Gasteiger partial charge in [-0.3, -0.25) is 4.79 Å². The number of thiazole rings is 1. The van der Waals surface area contributed by atoms with E-state index in [0.717, 1.165) is 40.6 Å². The SMILES string of the molecule is CCc1ccc(Oc2nc3ccc(N=O)cc3s2)cc1C1=C(O)[C@@]2(C)CC[C@@H](C1=O)C2(C)C. The molecule has 33 heavy (non-hydrogen) atoms. The summed E-state index contributed by atoms with van der Waals surface area (Å²) in [5.41, 5.74) is 2.52. The predicted octanol–water partition coefficient (Wildman–Crippen LogP) is 7.34. The first kappa shape index (κ1) is 21.8. The summed E-state index contributed by atoms with van der Waals surface area (Å²) >= 11 is 1.32. The summed E-state index contributed by atoms with van der Waals surface area (Å²) in [4.78, 5) is 28.9. The van der Waals surface area contributed by atoms with Crippen LogP contribution in [0.4, 0.5) is 5.69 Å². The molecule has 2 aliphatic carbocycles. The van der Waals surface area contributed by atoms with Crippen LogP contribution in [0, 0.1) is 21.7 Å². The highest BCUT2D eigenvalue weighted by Crippen LogP contribution is 2.64. The minimum atomic E-state index is -0.430. The molecule has 6 nitrogen and oxygen atoms in total. The molecule has 2 aliphatic rings. The van der Waals surface area contributed by atoms with Gasteiger partial charge < -0.3 is 9.84 Å². The number of rotatable bonds is 5. The Bertz CT molecular complexity index is 1340. The van der Waals surface area contributed by atoms with Gasteiger partial charge >= 0.3 is 0 Å². The van der Waals surface area contributed by atoms with E-state index in [-0.39, 0.29) is 22.9 Å². The predicted molar refractivity (Wildman–Crippen MR) is 130 cm³/mol. The summed E-state index contributed by atoms with van der Waals surface area (Å²) in [6, 6.07) is 10.7. The fraction of sp³-hybridized carbons (Fsp3) is 0.385. The lowest BCUT2D eigenvalue weighted by Crippen LogP contribution is -2.43. The molecule has 0 aliphatic heterocycles. The van der Waals surface area contributed by atoms with Crippen LogP contribution in [0.2, 0.25) is 0 Å². The van der Waals surface area contributed by atoms with E-state index in [1.54, 1.807) is 18.2 Å². The highest BCUT2D eigenvalue weighted by Gasteiger charge is 2.61. The maximum atomic E-state index is 13.6. The van der Waals surface area contributed by atoms with Crippen molar-refractivity contribution in [3.8, 4) is 10.9 Å². The van der Waals surface area contributed by atoms with E-state index in [1.807, 2.05) is 25.1 Å². The first-order valence-electron chi connectivity index (χ1n) is 11.2. The molecule has 0 unspecified atom stereocenters. The summed E-state index contributed by atoms with van der Waals surface area (Å²) < 4.78 is 6.86. The minimum absolute atomic E-state index is 0.0215. The van der Waals surface area contributed by atoms with Crippen LogP contribution in [0.5, 0.6) is 10.9 Å². The molecule has 1 saturated carbocycles. The lowest BCUT2D eigenvalue weighted by Gasteiger charge is -2.45. The van der Waals surface area contributed by atoms with Crippen molar-refractivity contribution in [3.05, 3.63) is 58.2 Å². The number of aliphatic hydroxyl groups is 1. The largest absolute Gasteiger partial charge is 0.511 e. The molecule has 1 fully saturated rings. The normalized spacial score (nSPS) is 23.9. The number of aryl methyl sites for hydroxylation is 1. The number of aliphatic hydroxyl groups excluding tert-OH is 1. The second-order valence-electron chi connectivity index (χ2n) is 9.73. The molecular formula is C26H26N2O4S. The number of nitroso groups, excluding NO2 is 1. The molecule has 0 spiro atoms. The van der Waals surface area contributed by atoms with Crippen LogP contribution in [0.25, 0.3) is 15.8 Å².